The number of sulfone groups is 2. The molecule has 0 spiro atoms. The Hall–Kier alpha value is -0.0400. The Labute approximate surface area is 99.9 Å². The van der Waals surface area contributed by atoms with Gasteiger partial charge in [-0.05, 0) is 22.9 Å². The molecular formula is C4H3BrF6O4S2. The Bertz CT molecular complexity index is 451. The molecule has 0 saturated heterocycles. The molecule has 0 aliphatic rings. The van der Waals surface area contributed by atoms with Crippen molar-refractivity contribution in [1.29, 1.82) is 0 Å². The summed E-state index contributed by atoms with van der Waals surface area (Å²) in [6.07, 6.45) is 0. The molecule has 4 nitrogen and oxygen atoms in total. The molecule has 0 radical (unpaired) electrons. The van der Waals surface area contributed by atoms with E-state index in [4.69, 9.17) is 0 Å². The van der Waals surface area contributed by atoms with Crippen molar-refractivity contribution in [2.75, 3.05) is 0 Å². The van der Waals surface area contributed by atoms with Gasteiger partial charge in [0.2, 0.25) is 2.99 Å². The number of halogens is 7. The normalized spacial score (nSPS) is 16.0. The smallest absolute Gasteiger partial charge is 0.217 e. The molecular weight excluding hydrogens is 370 g/mol. The van der Waals surface area contributed by atoms with Crippen molar-refractivity contribution < 1.29 is 43.2 Å². The third-order valence-electron chi connectivity index (χ3n) is 1.57. The van der Waals surface area contributed by atoms with Crippen LogP contribution in [0, 0.1) is 0 Å². The molecule has 0 unspecified atom stereocenters. The van der Waals surface area contributed by atoms with E-state index in [0.29, 0.717) is 0 Å². The molecule has 0 bridgehead atoms. The molecule has 0 saturated carbocycles. The van der Waals surface area contributed by atoms with Crippen molar-refractivity contribution in [3.63, 3.8) is 0 Å². The Morgan fingerprint density at radius 3 is 1.06 bits per heavy atom. The van der Waals surface area contributed by atoms with Crippen molar-refractivity contribution in [3.05, 3.63) is 0 Å². The lowest BCUT2D eigenvalue weighted by molar-refractivity contribution is -0.0473. The second kappa shape index (κ2) is 3.98. The van der Waals surface area contributed by atoms with Gasteiger partial charge in [-0.1, -0.05) is 0 Å². The van der Waals surface area contributed by atoms with Crippen molar-refractivity contribution >= 4 is 35.6 Å². The van der Waals surface area contributed by atoms with Gasteiger partial charge in [-0.25, -0.2) is 16.8 Å². The number of hydrogen-bond donors (Lipinski definition) is 0. The molecule has 0 atom stereocenters. The Balaban J connectivity index is 6.14. The van der Waals surface area contributed by atoms with Crippen LogP contribution in [0.4, 0.5) is 26.3 Å². The van der Waals surface area contributed by atoms with Gasteiger partial charge in [0.1, 0.15) is 0 Å². The number of alkyl halides is 7. The molecule has 0 aliphatic heterocycles. The highest BCUT2D eigenvalue weighted by atomic mass is 79.9. The minimum absolute atomic E-state index is 0.251. The van der Waals surface area contributed by atoms with E-state index in [0.717, 1.165) is 0 Å². The average Bonchev–Trinajstić information content (AvgIpc) is 1.98. The summed E-state index contributed by atoms with van der Waals surface area (Å²) >= 11 is 1.48. The number of rotatable bonds is 2. The van der Waals surface area contributed by atoms with Crippen LogP contribution in [0.15, 0.2) is 0 Å². The Kier molecular flexibility index (Phi) is 3.97. The molecule has 0 N–H and O–H groups in total. The lowest BCUT2D eigenvalue weighted by Gasteiger charge is -2.24. The largest absolute Gasteiger partial charge is 0.499 e. The quantitative estimate of drug-likeness (QED) is 0.548. The molecule has 0 fully saturated rings. The monoisotopic (exact) mass is 372 g/mol. The van der Waals surface area contributed by atoms with Crippen LogP contribution in [0.5, 0.6) is 0 Å². The highest BCUT2D eigenvalue weighted by molar-refractivity contribution is 9.13. The highest BCUT2D eigenvalue weighted by Crippen LogP contribution is 2.46. The standard InChI is InChI=1S/C4H3BrF6O4S2/c1-2(5,16(12,13)3(6,7)8)17(14,15)4(9,10)11/h1H3. The van der Waals surface area contributed by atoms with Crippen LogP contribution in [0.25, 0.3) is 0 Å². The fourth-order valence-corrected chi connectivity index (χ4v) is 4.21. The van der Waals surface area contributed by atoms with Crippen molar-refractivity contribution in [2.24, 2.45) is 0 Å². The zero-order valence-corrected chi connectivity index (χ0v) is 10.8. The summed E-state index contributed by atoms with van der Waals surface area (Å²) in [5.41, 5.74) is -12.3. The highest BCUT2D eigenvalue weighted by Gasteiger charge is 2.69. The van der Waals surface area contributed by atoms with E-state index in [9.17, 15) is 43.2 Å². The van der Waals surface area contributed by atoms with E-state index in [2.05, 4.69) is 0 Å². The van der Waals surface area contributed by atoms with Gasteiger partial charge in [-0.15, -0.1) is 0 Å². The topological polar surface area (TPSA) is 68.3 Å². The van der Waals surface area contributed by atoms with Crippen LogP contribution in [0.2, 0.25) is 0 Å². The zero-order chi connectivity index (χ0) is 14.5. The molecule has 0 aromatic heterocycles. The summed E-state index contributed by atoms with van der Waals surface area (Å²) in [5, 5.41) is 0. The first-order valence-electron chi connectivity index (χ1n) is 3.31. The summed E-state index contributed by atoms with van der Waals surface area (Å²) in [4.78, 5) is 0. The first-order valence-corrected chi connectivity index (χ1v) is 7.07. The lowest BCUT2D eigenvalue weighted by Crippen LogP contribution is -2.49. The van der Waals surface area contributed by atoms with E-state index in [1.54, 1.807) is 0 Å². The third kappa shape index (κ3) is 2.41. The zero-order valence-electron chi connectivity index (χ0n) is 7.60. The number of hydrogen-bond acceptors (Lipinski definition) is 4. The fourth-order valence-electron chi connectivity index (χ4n) is 0.558. The predicted molar refractivity (Wildman–Crippen MR) is 47.3 cm³/mol. The first-order chi connectivity index (χ1) is 7.00. The Morgan fingerprint density at radius 1 is 0.765 bits per heavy atom. The van der Waals surface area contributed by atoms with Gasteiger partial charge < -0.3 is 0 Å². The average molecular weight is 373 g/mol. The molecule has 17 heavy (non-hydrogen) atoms. The van der Waals surface area contributed by atoms with E-state index >= 15 is 0 Å². The Morgan fingerprint density at radius 2 is 0.941 bits per heavy atom. The van der Waals surface area contributed by atoms with Gasteiger partial charge in [0.05, 0.1) is 0 Å². The molecule has 0 aliphatic carbocycles. The minimum Gasteiger partial charge on any atom is -0.217 e. The van der Waals surface area contributed by atoms with Gasteiger partial charge in [-0.2, -0.15) is 26.3 Å². The second-order valence-electron chi connectivity index (χ2n) is 2.73. The summed E-state index contributed by atoms with van der Waals surface area (Å²) in [6, 6.07) is 0. The van der Waals surface area contributed by atoms with E-state index in [1.165, 1.54) is 15.9 Å². The van der Waals surface area contributed by atoms with Gasteiger partial charge >= 0.3 is 11.0 Å². The van der Waals surface area contributed by atoms with Crippen LogP contribution < -0.4 is 0 Å². The second-order valence-corrected chi connectivity index (χ2v) is 10.2. The molecule has 13 heteroatoms. The minimum atomic E-state index is -6.61. The fraction of sp³-hybridized carbons (Fsp3) is 1.00. The van der Waals surface area contributed by atoms with Crippen molar-refractivity contribution in [3.8, 4) is 0 Å². The maximum absolute atomic E-state index is 12.0. The lowest BCUT2D eigenvalue weighted by atomic mass is 11.0. The molecule has 0 heterocycles. The van der Waals surface area contributed by atoms with E-state index < -0.39 is 33.7 Å². The summed E-state index contributed by atoms with van der Waals surface area (Å²) in [7, 11) is -13.2. The maximum atomic E-state index is 12.0. The summed E-state index contributed by atoms with van der Waals surface area (Å²) < 4.78 is 111. The first kappa shape index (κ1) is 17.0. The van der Waals surface area contributed by atoms with Gasteiger partial charge in [0.15, 0.2) is 0 Å². The predicted octanol–water partition coefficient (Wildman–Crippen LogP) is 1.92. The maximum Gasteiger partial charge on any atom is 0.499 e. The van der Waals surface area contributed by atoms with Crippen molar-refractivity contribution in [2.45, 2.75) is 20.9 Å². The third-order valence-corrected chi connectivity index (χ3v) is 8.58. The van der Waals surface area contributed by atoms with Gasteiger partial charge in [-0.3, -0.25) is 0 Å². The van der Waals surface area contributed by atoms with Crippen LogP contribution in [0.3, 0.4) is 0 Å². The summed E-state index contributed by atoms with van der Waals surface area (Å²) in [5.74, 6) is 0. The summed E-state index contributed by atoms with van der Waals surface area (Å²) in [6.45, 7) is -0.251. The van der Waals surface area contributed by atoms with E-state index in [1.807, 2.05) is 0 Å². The van der Waals surface area contributed by atoms with Gasteiger partial charge in [0.25, 0.3) is 19.7 Å². The van der Waals surface area contributed by atoms with Crippen molar-refractivity contribution in [1.82, 2.24) is 0 Å². The van der Waals surface area contributed by atoms with Crippen LogP contribution >= 0.6 is 15.9 Å². The molecule has 104 valence electrons. The van der Waals surface area contributed by atoms with E-state index in [-0.39, 0.29) is 6.92 Å². The SMILES string of the molecule is CC(Br)(S(=O)(=O)C(F)(F)F)S(=O)(=O)C(F)(F)F. The van der Waals surface area contributed by atoms with Crippen LogP contribution in [0.1, 0.15) is 6.92 Å². The van der Waals surface area contributed by atoms with Crippen LogP contribution in [-0.4, -0.2) is 30.8 Å². The molecule has 0 rings (SSSR count). The molecule has 0 amide bonds. The molecule has 0 aromatic rings. The molecule has 0 aromatic carbocycles. The van der Waals surface area contributed by atoms with Crippen LogP contribution in [-0.2, 0) is 19.7 Å². The van der Waals surface area contributed by atoms with Gasteiger partial charge in [0, 0.05) is 0 Å².